The molecule has 0 spiro atoms. The summed E-state index contributed by atoms with van der Waals surface area (Å²) < 4.78 is 0. The number of para-hydroxylation sites is 1. The second-order valence-corrected chi connectivity index (χ2v) is 8.42. The van der Waals surface area contributed by atoms with Gasteiger partial charge in [0.2, 0.25) is 12.1 Å². The van der Waals surface area contributed by atoms with E-state index in [1.54, 1.807) is 11.9 Å². The fraction of sp³-hybridized carbons (Fsp3) is 0.100. The number of benzodiazepines with no additional fused rings is 1. The Hall–Kier alpha value is -4.51. The lowest BCUT2D eigenvalue weighted by Gasteiger charge is -2.23. The molecule has 5 rings (SSSR count). The molecule has 0 saturated carbocycles. The number of benzene rings is 4. The van der Waals surface area contributed by atoms with Crippen LogP contribution in [0.15, 0.2) is 120 Å². The number of likely N-dealkylation sites (N-methyl/N-ethyl adjacent to an activating group) is 1. The van der Waals surface area contributed by atoms with Gasteiger partial charge < -0.3 is 10.2 Å². The number of amides is 2. The van der Waals surface area contributed by atoms with Gasteiger partial charge in [-0.3, -0.25) is 9.59 Å². The molecule has 0 radical (unpaired) electrons. The standard InChI is InChI=1S/C30H25N3O2/c1-33-25-20-12-11-19-24(25)27(23-17-9-4-10-18-23)31-28(30(33)35)32-29(34)26(21-13-5-2-6-14-21)22-15-7-3-8-16-22/h2-20,26,28H,1H3,(H,32,34)/t28-/m0/s1. The van der Waals surface area contributed by atoms with Gasteiger partial charge in [0.25, 0.3) is 5.91 Å². The van der Waals surface area contributed by atoms with Crippen molar-refractivity contribution in [3.05, 3.63) is 138 Å². The minimum absolute atomic E-state index is 0.281. The summed E-state index contributed by atoms with van der Waals surface area (Å²) in [5.41, 5.74) is 4.83. The molecular weight excluding hydrogens is 434 g/mol. The summed E-state index contributed by atoms with van der Waals surface area (Å²) >= 11 is 0. The number of nitrogens with zero attached hydrogens (tertiary/aromatic N) is 2. The number of hydrogen-bond donors (Lipinski definition) is 1. The summed E-state index contributed by atoms with van der Waals surface area (Å²) in [5.74, 6) is -1.15. The van der Waals surface area contributed by atoms with Crippen LogP contribution in [-0.4, -0.2) is 30.7 Å². The largest absolute Gasteiger partial charge is 0.326 e. The zero-order valence-corrected chi connectivity index (χ0v) is 19.3. The smallest absolute Gasteiger partial charge is 0.272 e. The molecule has 1 atom stereocenters. The SMILES string of the molecule is CN1C(=O)[C@H](NC(=O)C(c2ccccc2)c2ccccc2)N=C(c2ccccc2)c2ccccc21. The third kappa shape index (κ3) is 4.49. The Kier molecular flexibility index (Phi) is 6.22. The second-order valence-electron chi connectivity index (χ2n) is 8.42. The van der Waals surface area contributed by atoms with Crippen LogP contribution in [0.25, 0.3) is 0 Å². The average Bonchev–Trinajstić information content (AvgIpc) is 3.01. The van der Waals surface area contributed by atoms with Gasteiger partial charge in [-0.1, -0.05) is 109 Å². The van der Waals surface area contributed by atoms with Crippen LogP contribution in [0.3, 0.4) is 0 Å². The molecule has 2 amide bonds. The van der Waals surface area contributed by atoms with Crippen molar-refractivity contribution in [2.75, 3.05) is 11.9 Å². The van der Waals surface area contributed by atoms with E-state index < -0.39 is 12.1 Å². The number of anilines is 1. The molecule has 4 aromatic rings. The first-order valence-electron chi connectivity index (χ1n) is 11.5. The lowest BCUT2D eigenvalue weighted by atomic mass is 9.90. The Morgan fingerprint density at radius 2 is 1.29 bits per heavy atom. The lowest BCUT2D eigenvalue weighted by Crippen LogP contribution is -2.47. The summed E-state index contributed by atoms with van der Waals surface area (Å²) in [6, 6.07) is 36.6. The average molecular weight is 460 g/mol. The van der Waals surface area contributed by atoms with E-state index in [2.05, 4.69) is 5.32 Å². The Balaban J connectivity index is 1.57. The van der Waals surface area contributed by atoms with Gasteiger partial charge in [0.15, 0.2) is 0 Å². The van der Waals surface area contributed by atoms with Crippen LogP contribution in [0.1, 0.15) is 28.2 Å². The van der Waals surface area contributed by atoms with Crippen LogP contribution in [0.5, 0.6) is 0 Å². The fourth-order valence-corrected chi connectivity index (χ4v) is 4.45. The van der Waals surface area contributed by atoms with E-state index in [0.717, 1.165) is 27.9 Å². The molecule has 5 nitrogen and oxygen atoms in total. The molecule has 0 aromatic heterocycles. The molecule has 0 aliphatic carbocycles. The highest BCUT2D eigenvalue weighted by Crippen LogP contribution is 2.29. The van der Waals surface area contributed by atoms with E-state index in [-0.39, 0.29) is 11.8 Å². The molecular formula is C30H25N3O2. The van der Waals surface area contributed by atoms with Crippen LogP contribution < -0.4 is 10.2 Å². The maximum Gasteiger partial charge on any atom is 0.272 e. The lowest BCUT2D eigenvalue weighted by molar-refractivity contribution is -0.127. The van der Waals surface area contributed by atoms with Gasteiger partial charge in [0.1, 0.15) is 0 Å². The number of carbonyl (C=O) groups is 2. The molecule has 0 fully saturated rings. The molecule has 0 saturated heterocycles. The van der Waals surface area contributed by atoms with Crippen LogP contribution in [0.4, 0.5) is 5.69 Å². The van der Waals surface area contributed by atoms with Gasteiger partial charge >= 0.3 is 0 Å². The van der Waals surface area contributed by atoms with Crippen molar-refractivity contribution in [2.45, 2.75) is 12.1 Å². The highest BCUT2D eigenvalue weighted by molar-refractivity contribution is 6.20. The molecule has 4 aromatic carbocycles. The minimum Gasteiger partial charge on any atom is -0.326 e. The van der Waals surface area contributed by atoms with Crippen molar-refractivity contribution < 1.29 is 9.59 Å². The summed E-state index contributed by atoms with van der Waals surface area (Å²) in [5, 5.41) is 2.95. The topological polar surface area (TPSA) is 61.8 Å². The third-order valence-electron chi connectivity index (χ3n) is 6.20. The molecule has 1 aliphatic rings. The Bertz CT molecular complexity index is 1330. The van der Waals surface area contributed by atoms with Gasteiger partial charge in [-0.15, -0.1) is 0 Å². The van der Waals surface area contributed by atoms with Crippen molar-refractivity contribution in [3.8, 4) is 0 Å². The van der Waals surface area contributed by atoms with E-state index in [0.29, 0.717) is 5.71 Å². The predicted molar refractivity (Wildman–Crippen MR) is 139 cm³/mol. The highest BCUT2D eigenvalue weighted by atomic mass is 16.2. The summed E-state index contributed by atoms with van der Waals surface area (Å²) in [7, 11) is 1.72. The number of fused-ring (bicyclic) bond motifs is 1. The first-order chi connectivity index (χ1) is 17.1. The molecule has 5 heteroatoms. The van der Waals surface area contributed by atoms with Crippen molar-refractivity contribution in [1.29, 1.82) is 0 Å². The van der Waals surface area contributed by atoms with Crippen molar-refractivity contribution in [3.63, 3.8) is 0 Å². The van der Waals surface area contributed by atoms with Gasteiger partial charge in [0, 0.05) is 18.2 Å². The van der Waals surface area contributed by atoms with Gasteiger partial charge in [0.05, 0.1) is 17.3 Å². The Morgan fingerprint density at radius 3 is 1.89 bits per heavy atom. The molecule has 0 unspecified atom stereocenters. The van der Waals surface area contributed by atoms with Crippen LogP contribution in [0, 0.1) is 0 Å². The molecule has 0 bridgehead atoms. The summed E-state index contributed by atoms with van der Waals surface area (Å²) in [4.78, 5) is 33.7. The maximum absolute atomic E-state index is 13.7. The molecule has 1 N–H and O–H groups in total. The monoisotopic (exact) mass is 459 g/mol. The number of aliphatic imine (C=N–C) groups is 1. The summed E-state index contributed by atoms with van der Waals surface area (Å²) in [6.45, 7) is 0. The van der Waals surface area contributed by atoms with E-state index >= 15 is 0 Å². The van der Waals surface area contributed by atoms with E-state index in [1.807, 2.05) is 115 Å². The molecule has 35 heavy (non-hydrogen) atoms. The van der Waals surface area contributed by atoms with Crippen LogP contribution >= 0.6 is 0 Å². The Morgan fingerprint density at radius 1 is 0.771 bits per heavy atom. The summed E-state index contributed by atoms with van der Waals surface area (Å²) in [6.07, 6.45) is -1.06. The van der Waals surface area contributed by atoms with Gasteiger partial charge in [-0.25, -0.2) is 4.99 Å². The molecule has 1 heterocycles. The van der Waals surface area contributed by atoms with E-state index in [4.69, 9.17) is 4.99 Å². The third-order valence-corrected chi connectivity index (χ3v) is 6.20. The zero-order valence-electron chi connectivity index (χ0n) is 19.3. The van der Waals surface area contributed by atoms with Gasteiger partial charge in [-0.05, 0) is 17.2 Å². The first-order valence-corrected chi connectivity index (χ1v) is 11.5. The van der Waals surface area contributed by atoms with E-state index in [9.17, 15) is 9.59 Å². The highest BCUT2D eigenvalue weighted by Gasteiger charge is 2.33. The van der Waals surface area contributed by atoms with Crippen LogP contribution in [-0.2, 0) is 9.59 Å². The zero-order chi connectivity index (χ0) is 24.2. The fourth-order valence-electron chi connectivity index (χ4n) is 4.45. The quantitative estimate of drug-likeness (QED) is 0.467. The molecule has 172 valence electrons. The van der Waals surface area contributed by atoms with Crippen molar-refractivity contribution in [1.82, 2.24) is 5.32 Å². The normalized spacial score (nSPS) is 15.3. The van der Waals surface area contributed by atoms with Crippen LogP contribution in [0.2, 0.25) is 0 Å². The van der Waals surface area contributed by atoms with Gasteiger partial charge in [-0.2, -0.15) is 0 Å². The number of nitrogens with one attached hydrogen (secondary N) is 1. The second kappa shape index (κ2) is 9.77. The maximum atomic E-state index is 13.7. The number of carbonyl (C=O) groups excluding carboxylic acids is 2. The van der Waals surface area contributed by atoms with Crippen molar-refractivity contribution in [2.24, 2.45) is 4.99 Å². The first kappa shape index (κ1) is 22.3. The predicted octanol–water partition coefficient (Wildman–Crippen LogP) is 4.77. The number of hydrogen-bond acceptors (Lipinski definition) is 3. The number of rotatable bonds is 5. The Labute approximate surface area is 204 Å². The van der Waals surface area contributed by atoms with E-state index in [1.165, 1.54) is 0 Å². The van der Waals surface area contributed by atoms with Crippen molar-refractivity contribution >= 4 is 23.2 Å². The minimum atomic E-state index is -1.06. The molecule has 1 aliphatic heterocycles.